The number of aryl methyl sites for hydroxylation is 1. The molecule has 154 valence electrons. The summed E-state index contributed by atoms with van der Waals surface area (Å²) >= 11 is 3.35. The van der Waals surface area contributed by atoms with Crippen molar-refractivity contribution in [3.63, 3.8) is 0 Å². The second-order valence-corrected chi connectivity index (χ2v) is 9.65. The zero-order chi connectivity index (χ0) is 21.0. The van der Waals surface area contributed by atoms with E-state index in [2.05, 4.69) is 15.9 Å². The van der Waals surface area contributed by atoms with Crippen LogP contribution in [0.25, 0.3) is 0 Å². The molecule has 0 fully saturated rings. The normalized spacial score (nSPS) is 14.0. The van der Waals surface area contributed by atoms with E-state index in [0.29, 0.717) is 35.8 Å². The topological polar surface area (TPSA) is 74.8 Å². The number of fused-ring (bicyclic) bond motifs is 1. The summed E-state index contributed by atoms with van der Waals surface area (Å²) in [5.41, 5.74) is 1.79. The molecule has 0 atom stereocenters. The van der Waals surface area contributed by atoms with Gasteiger partial charge in [-0.25, -0.2) is 8.42 Å². The third-order valence-corrected chi connectivity index (χ3v) is 7.34. The molecule has 2 aromatic carbocycles. The van der Waals surface area contributed by atoms with Crippen LogP contribution in [0.15, 0.2) is 53.4 Å². The van der Waals surface area contributed by atoms with Crippen molar-refractivity contribution >= 4 is 37.8 Å². The number of carbonyl (C=O) groups is 2. The molecule has 3 rings (SSSR count). The molecule has 0 unspecified atom stereocenters. The standard InChI is InChI=1S/C21H23BrN2O4S/c1-16-8-10-17(11-9-16)29(27,28)23(13-4-12-22)14-5-15-24-20(25)18-6-2-3-7-19(18)21(24)26/h2-3,6-11H,4-5,12-15H2,1H3. The molecule has 1 aliphatic rings. The second kappa shape index (κ2) is 9.19. The predicted molar refractivity (Wildman–Crippen MR) is 115 cm³/mol. The fourth-order valence-electron chi connectivity index (χ4n) is 3.29. The van der Waals surface area contributed by atoms with E-state index in [0.717, 1.165) is 5.56 Å². The third kappa shape index (κ3) is 4.60. The fraction of sp³-hybridized carbons (Fsp3) is 0.333. The van der Waals surface area contributed by atoms with Crippen molar-refractivity contribution < 1.29 is 18.0 Å². The van der Waals surface area contributed by atoms with E-state index >= 15 is 0 Å². The van der Waals surface area contributed by atoms with Crippen molar-refractivity contribution in [1.82, 2.24) is 9.21 Å². The molecule has 0 radical (unpaired) electrons. The van der Waals surface area contributed by atoms with Gasteiger partial charge in [0, 0.05) is 25.0 Å². The van der Waals surface area contributed by atoms with Crippen molar-refractivity contribution in [2.45, 2.75) is 24.7 Å². The second-order valence-electron chi connectivity index (χ2n) is 6.92. The lowest BCUT2D eigenvalue weighted by atomic mass is 10.1. The molecular weight excluding hydrogens is 456 g/mol. The quantitative estimate of drug-likeness (QED) is 0.408. The number of alkyl halides is 1. The Morgan fingerprint density at radius 2 is 1.45 bits per heavy atom. The monoisotopic (exact) mass is 478 g/mol. The summed E-state index contributed by atoms with van der Waals surface area (Å²) in [5.74, 6) is -0.641. The zero-order valence-electron chi connectivity index (χ0n) is 16.2. The highest BCUT2D eigenvalue weighted by atomic mass is 79.9. The van der Waals surface area contributed by atoms with Crippen LogP contribution in [0.3, 0.4) is 0 Å². The van der Waals surface area contributed by atoms with E-state index in [4.69, 9.17) is 0 Å². The van der Waals surface area contributed by atoms with Crippen LogP contribution in [0, 0.1) is 6.92 Å². The number of nitrogens with zero attached hydrogens (tertiary/aromatic N) is 2. The molecule has 29 heavy (non-hydrogen) atoms. The smallest absolute Gasteiger partial charge is 0.261 e. The summed E-state index contributed by atoms with van der Waals surface area (Å²) in [6, 6.07) is 13.5. The summed E-state index contributed by atoms with van der Waals surface area (Å²) < 4.78 is 27.5. The van der Waals surface area contributed by atoms with E-state index in [1.165, 1.54) is 9.21 Å². The Morgan fingerprint density at radius 3 is 2.00 bits per heavy atom. The Bertz CT molecular complexity index is 971. The Kier molecular flexibility index (Phi) is 6.87. The first-order valence-corrected chi connectivity index (χ1v) is 12.0. The Labute approximate surface area is 179 Å². The maximum atomic E-state index is 13.0. The molecule has 2 aromatic rings. The number of imide groups is 1. The highest BCUT2D eigenvalue weighted by molar-refractivity contribution is 9.09. The van der Waals surface area contributed by atoms with Gasteiger partial charge in [-0.1, -0.05) is 45.8 Å². The van der Waals surface area contributed by atoms with Gasteiger partial charge >= 0.3 is 0 Å². The minimum atomic E-state index is -3.64. The van der Waals surface area contributed by atoms with Crippen LogP contribution in [0.5, 0.6) is 0 Å². The molecule has 0 bridgehead atoms. The lowest BCUT2D eigenvalue weighted by Crippen LogP contribution is -2.37. The molecule has 0 aromatic heterocycles. The summed E-state index contributed by atoms with van der Waals surface area (Å²) in [6.07, 6.45) is 1.04. The number of amides is 2. The lowest BCUT2D eigenvalue weighted by molar-refractivity contribution is 0.0651. The molecular formula is C21H23BrN2O4S. The molecule has 0 spiro atoms. The van der Waals surface area contributed by atoms with Crippen LogP contribution in [0.4, 0.5) is 0 Å². The maximum absolute atomic E-state index is 13.0. The number of halogens is 1. The van der Waals surface area contributed by atoms with E-state index in [9.17, 15) is 18.0 Å². The van der Waals surface area contributed by atoms with E-state index in [-0.39, 0.29) is 29.8 Å². The van der Waals surface area contributed by atoms with Crippen molar-refractivity contribution in [3.8, 4) is 0 Å². The Balaban J connectivity index is 1.69. The molecule has 6 nitrogen and oxygen atoms in total. The van der Waals surface area contributed by atoms with Gasteiger partial charge in [0.1, 0.15) is 0 Å². The fourth-order valence-corrected chi connectivity index (χ4v) is 5.06. The van der Waals surface area contributed by atoms with Gasteiger partial charge < -0.3 is 0 Å². The molecule has 2 amide bonds. The summed E-state index contributed by atoms with van der Waals surface area (Å²) in [7, 11) is -3.64. The van der Waals surface area contributed by atoms with Crippen LogP contribution in [-0.2, 0) is 10.0 Å². The van der Waals surface area contributed by atoms with Crippen LogP contribution >= 0.6 is 15.9 Å². The van der Waals surface area contributed by atoms with Crippen LogP contribution in [0.2, 0.25) is 0 Å². The number of rotatable bonds is 9. The molecule has 8 heteroatoms. The average Bonchev–Trinajstić information content (AvgIpc) is 2.95. The Morgan fingerprint density at radius 1 is 0.897 bits per heavy atom. The summed E-state index contributed by atoms with van der Waals surface area (Å²) in [5, 5.41) is 0.686. The largest absolute Gasteiger partial charge is 0.274 e. The predicted octanol–water partition coefficient (Wildman–Crippen LogP) is 3.46. The number of carbonyl (C=O) groups excluding carboxylic acids is 2. The van der Waals surface area contributed by atoms with Gasteiger partial charge in [-0.2, -0.15) is 4.31 Å². The molecule has 1 heterocycles. The van der Waals surface area contributed by atoms with Gasteiger partial charge in [-0.15, -0.1) is 0 Å². The third-order valence-electron chi connectivity index (χ3n) is 4.87. The van der Waals surface area contributed by atoms with Crippen molar-refractivity contribution in [1.29, 1.82) is 0 Å². The molecule has 1 aliphatic heterocycles. The highest BCUT2D eigenvalue weighted by Crippen LogP contribution is 2.23. The molecule has 0 saturated carbocycles. The average molecular weight is 479 g/mol. The first-order chi connectivity index (χ1) is 13.9. The SMILES string of the molecule is Cc1ccc(S(=O)(=O)N(CCCBr)CCCN2C(=O)c3ccccc3C2=O)cc1. The first kappa shape index (κ1) is 21.7. The number of hydrogen-bond donors (Lipinski definition) is 0. The number of benzene rings is 2. The van der Waals surface area contributed by atoms with Gasteiger partial charge in [0.2, 0.25) is 10.0 Å². The Hall–Kier alpha value is -2.03. The van der Waals surface area contributed by atoms with Gasteiger partial charge in [-0.3, -0.25) is 14.5 Å². The van der Waals surface area contributed by atoms with Crippen LogP contribution in [-0.4, -0.2) is 54.4 Å². The van der Waals surface area contributed by atoms with Gasteiger partial charge in [0.15, 0.2) is 0 Å². The minimum Gasteiger partial charge on any atom is -0.274 e. The van der Waals surface area contributed by atoms with E-state index in [1.54, 1.807) is 48.5 Å². The first-order valence-electron chi connectivity index (χ1n) is 9.44. The molecule has 0 saturated heterocycles. The lowest BCUT2D eigenvalue weighted by Gasteiger charge is -2.23. The number of sulfonamides is 1. The van der Waals surface area contributed by atoms with Crippen molar-refractivity contribution in [3.05, 3.63) is 65.2 Å². The van der Waals surface area contributed by atoms with E-state index in [1.807, 2.05) is 6.92 Å². The summed E-state index contributed by atoms with van der Waals surface area (Å²) in [4.78, 5) is 26.4. The summed E-state index contributed by atoms with van der Waals surface area (Å²) in [6.45, 7) is 2.68. The maximum Gasteiger partial charge on any atom is 0.261 e. The van der Waals surface area contributed by atoms with Crippen molar-refractivity contribution in [2.24, 2.45) is 0 Å². The van der Waals surface area contributed by atoms with E-state index < -0.39 is 10.0 Å². The molecule has 0 aliphatic carbocycles. The van der Waals surface area contributed by atoms with Crippen molar-refractivity contribution in [2.75, 3.05) is 25.0 Å². The van der Waals surface area contributed by atoms with Gasteiger partial charge in [0.25, 0.3) is 11.8 Å². The van der Waals surface area contributed by atoms with Crippen LogP contribution in [0.1, 0.15) is 39.1 Å². The highest BCUT2D eigenvalue weighted by Gasteiger charge is 2.35. The number of hydrogen-bond acceptors (Lipinski definition) is 4. The molecule has 0 N–H and O–H groups in total. The minimum absolute atomic E-state index is 0.181. The zero-order valence-corrected chi connectivity index (χ0v) is 18.6. The van der Waals surface area contributed by atoms with Gasteiger partial charge in [0.05, 0.1) is 16.0 Å². The van der Waals surface area contributed by atoms with Gasteiger partial charge in [-0.05, 0) is 44.0 Å². The van der Waals surface area contributed by atoms with Crippen LogP contribution < -0.4 is 0 Å².